The molecule has 0 saturated carbocycles. The summed E-state index contributed by atoms with van der Waals surface area (Å²) in [5, 5.41) is 3.65. The molecule has 134 valence electrons. The van der Waals surface area contributed by atoms with Gasteiger partial charge < -0.3 is 23.8 Å². The second kappa shape index (κ2) is 5.96. The Balaban J connectivity index is 1.53. The van der Waals surface area contributed by atoms with Crippen LogP contribution in [0.2, 0.25) is 0 Å². The minimum absolute atomic E-state index is 0.0321. The topological polar surface area (TPSA) is 85.1 Å². The Morgan fingerprint density at radius 3 is 3.12 bits per heavy atom. The van der Waals surface area contributed by atoms with Crippen molar-refractivity contribution < 1.29 is 23.6 Å². The number of methoxy groups -OCH3 is 1. The number of nitrogens with zero attached hydrogens (tertiary/aromatic N) is 3. The molecule has 25 heavy (non-hydrogen) atoms. The molecule has 2 bridgehead atoms. The first kappa shape index (κ1) is 16.3. The van der Waals surface area contributed by atoms with Crippen LogP contribution in [-0.4, -0.2) is 72.3 Å². The predicted octanol–water partition coefficient (Wildman–Crippen LogP) is 0.0614. The number of fused-ring (bicyclic) bond motifs is 1. The van der Waals surface area contributed by atoms with Crippen molar-refractivity contribution in [3.8, 4) is 0 Å². The number of carbonyl (C=O) groups excluding carboxylic acids is 2. The van der Waals surface area contributed by atoms with Crippen LogP contribution in [-0.2, 0) is 25.6 Å². The molecule has 0 aromatic carbocycles. The van der Waals surface area contributed by atoms with Gasteiger partial charge in [0.15, 0.2) is 5.76 Å². The fraction of sp³-hybridized carbons (Fsp3) is 0.588. The maximum absolute atomic E-state index is 13.0. The van der Waals surface area contributed by atoms with E-state index in [2.05, 4.69) is 5.16 Å². The number of rotatable bonds is 6. The number of ether oxygens (including phenoxy) is 2. The van der Waals surface area contributed by atoms with Gasteiger partial charge in [-0.2, -0.15) is 0 Å². The first-order chi connectivity index (χ1) is 12.1. The van der Waals surface area contributed by atoms with Gasteiger partial charge in [-0.1, -0.05) is 17.3 Å². The van der Waals surface area contributed by atoms with Crippen molar-refractivity contribution in [2.75, 3.05) is 33.9 Å². The highest BCUT2D eigenvalue weighted by Gasteiger charge is 2.66. The molecule has 2 saturated heterocycles. The molecule has 0 N–H and O–H groups in total. The summed E-state index contributed by atoms with van der Waals surface area (Å²) < 4.78 is 16.2. The van der Waals surface area contributed by atoms with Crippen LogP contribution in [0.5, 0.6) is 0 Å². The van der Waals surface area contributed by atoms with Gasteiger partial charge in [0.05, 0.1) is 43.8 Å². The largest absolute Gasteiger partial charge is 0.383 e. The molecule has 4 rings (SSSR count). The van der Waals surface area contributed by atoms with Gasteiger partial charge in [0.2, 0.25) is 11.8 Å². The fourth-order valence-electron chi connectivity index (χ4n) is 4.14. The summed E-state index contributed by atoms with van der Waals surface area (Å²) in [6.07, 6.45) is 5.06. The van der Waals surface area contributed by atoms with Crippen LogP contribution in [0, 0.1) is 11.8 Å². The van der Waals surface area contributed by atoms with Crippen molar-refractivity contribution in [1.29, 1.82) is 0 Å². The zero-order valence-corrected chi connectivity index (χ0v) is 14.3. The second-order valence-electron chi connectivity index (χ2n) is 6.83. The molecule has 2 fully saturated rings. The van der Waals surface area contributed by atoms with E-state index < -0.39 is 17.4 Å². The zero-order chi connectivity index (χ0) is 17.6. The first-order valence-corrected chi connectivity index (χ1v) is 8.35. The van der Waals surface area contributed by atoms with Gasteiger partial charge in [0.25, 0.3) is 0 Å². The lowest BCUT2D eigenvalue weighted by Crippen LogP contribution is -2.44. The third kappa shape index (κ3) is 2.47. The third-order valence-electron chi connectivity index (χ3n) is 5.29. The molecule has 2 amide bonds. The van der Waals surface area contributed by atoms with Crippen LogP contribution in [0.4, 0.5) is 0 Å². The second-order valence-corrected chi connectivity index (χ2v) is 6.83. The lowest BCUT2D eigenvalue weighted by Gasteiger charge is -2.27. The lowest BCUT2D eigenvalue weighted by atomic mass is 9.76. The van der Waals surface area contributed by atoms with Crippen molar-refractivity contribution in [3.05, 3.63) is 30.2 Å². The fourth-order valence-corrected chi connectivity index (χ4v) is 4.14. The molecular formula is C17H21N3O5. The minimum atomic E-state index is -0.678. The van der Waals surface area contributed by atoms with Crippen molar-refractivity contribution in [3.63, 3.8) is 0 Å². The van der Waals surface area contributed by atoms with Crippen molar-refractivity contribution >= 4 is 11.8 Å². The van der Waals surface area contributed by atoms with Crippen LogP contribution in [0.15, 0.2) is 28.9 Å². The van der Waals surface area contributed by atoms with E-state index in [-0.39, 0.29) is 17.9 Å². The Bertz CT molecular complexity index is 703. The summed E-state index contributed by atoms with van der Waals surface area (Å²) in [6.45, 7) is 1.76. The van der Waals surface area contributed by atoms with Gasteiger partial charge >= 0.3 is 0 Å². The normalized spacial score (nSPS) is 32.5. The van der Waals surface area contributed by atoms with E-state index in [1.165, 1.54) is 0 Å². The Labute approximate surface area is 145 Å². The molecule has 3 aliphatic heterocycles. The van der Waals surface area contributed by atoms with Crippen molar-refractivity contribution in [2.45, 2.75) is 18.2 Å². The summed E-state index contributed by atoms with van der Waals surface area (Å²) in [5.74, 6) is -0.512. The lowest BCUT2D eigenvalue weighted by molar-refractivity contribution is -0.143. The molecule has 0 aliphatic carbocycles. The van der Waals surface area contributed by atoms with Crippen LogP contribution in [0.3, 0.4) is 0 Å². The van der Waals surface area contributed by atoms with Crippen LogP contribution >= 0.6 is 0 Å². The molecule has 1 aromatic rings. The van der Waals surface area contributed by atoms with Gasteiger partial charge in [-0.05, 0) is 0 Å². The number of aromatic nitrogens is 1. The number of likely N-dealkylation sites (tertiary alicyclic amines) is 1. The van der Waals surface area contributed by atoms with Crippen LogP contribution in [0.1, 0.15) is 5.76 Å². The van der Waals surface area contributed by atoms with Gasteiger partial charge in [-0.25, -0.2) is 0 Å². The average molecular weight is 347 g/mol. The van der Waals surface area contributed by atoms with Crippen LogP contribution < -0.4 is 0 Å². The summed E-state index contributed by atoms with van der Waals surface area (Å²) >= 11 is 0. The molecule has 4 heterocycles. The molecule has 4 atom stereocenters. The number of carbonyl (C=O) groups is 2. The van der Waals surface area contributed by atoms with Gasteiger partial charge in [0.1, 0.15) is 5.60 Å². The Hall–Kier alpha value is -2.19. The van der Waals surface area contributed by atoms with E-state index in [4.69, 9.17) is 14.0 Å². The Kier molecular flexibility index (Phi) is 3.88. The standard InChI is InChI=1S/C17H21N3O5/c1-19(9-11-4-6-18-25-11)15(21)13-12-3-5-17(24-12)10-20(7-8-23-2)16(22)14(13)17/h3-6,12-14H,7-10H2,1-2H3/t12-,13?,14?,17-/m0/s1. The molecule has 3 aliphatic rings. The van der Waals surface area contributed by atoms with Gasteiger partial charge in [-0.15, -0.1) is 0 Å². The Morgan fingerprint density at radius 2 is 2.40 bits per heavy atom. The SMILES string of the molecule is COCCN1C[C@]23C=C[C@H](O2)C(C(=O)N(C)Cc2ccno2)C3C1=O. The maximum atomic E-state index is 13.0. The van der Waals surface area contributed by atoms with E-state index in [0.29, 0.717) is 32.0 Å². The highest BCUT2D eigenvalue weighted by atomic mass is 16.5. The third-order valence-corrected chi connectivity index (χ3v) is 5.29. The van der Waals surface area contributed by atoms with E-state index in [0.717, 1.165) is 0 Å². The molecule has 0 radical (unpaired) electrons. The Morgan fingerprint density at radius 1 is 1.56 bits per heavy atom. The highest BCUT2D eigenvalue weighted by molar-refractivity contribution is 5.92. The van der Waals surface area contributed by atoms with E-state index >= 15 is 0 Å². The number of amides is 2. The van der Waals surface area contributed by atoms with Gasteiger partial charge in [-0.3, -0.25) is 9.59 Å². The quantitative estimate of drug-likeness (QED) is 0.677. The average Bonchev–Trinajstić information content (AvgIpc) is 3.35. The first-order valence-electron chi connectivity index (χ1n) is 8.35. The van der Waals surface area contributed by atoms with E-state index in [9.17, 15) is 9.59 Å². The van der Waals surface area contributed by atoms with Gasteiger partial charge in [0, 0.05) is 26.8 Å². The molecule has 8 heteroatoms. The van der Waals surface area contributed by atoms with Crippen molar-refractivity contribution in [1.82, 2.24) is 15.0 Å². The summed E-state index contributed by atoms with van der Waals surface area (Å²) in [7, 11) is 3.31. The summed E-state index contributed by atoms with van der Waals surface area (Å²) in [5.41, 5.74) is -0.678. The highest BCUT2D eigenvalue weighted by Crippen LogP contribution is 2.52. The van der Waals surface area contributed by atoms with E-state index in [1.54, 1.807) is 36.2 Å². The van der Waals surface area contributed by atoms with E-state index in [1.807, 2.05) is 12.2 Å². The van der Waals surface area contributed by atoms with Crippen LogP contribution in [0.25, 0.3) is 0 Å². The minimum Gasteiger partial charge on any atom is -0.383 e. The molecule has 8 nitrogen and oxygen atoms in total. The maximum Gasteiger partial charge on any atom is 0.230 e. The summed E-state index contributed by atoms with van der Waals surface area (Å²) in [6, 6.07) is 1.72. The predicted molar refractivity (Wildman–Crippen MR) is 85.2 cm³/mol. The smallest absolute Gasteiger partial charge is 0.230 e. The molecule has 2 unspecified atom stereocenters. The zero-order valence-electron chi connectivity index (χ0n) is 14.3. The van der Waals surface area contributed by atoms with Crippen molar-refractivity contribution in [2.24, 2.45) is 11.8 Å². The number of hydrogen-bond acceptors (Lipinski definition) is 6. The molecule has 1 spiro atoms. The summed E-state index contributed by atoms with van der Waals surface area (Å²) in [4.78, 5) is 29.2. The number of hydrogen-bond donors (Lipinski definition) is 0. The molecule has 1 aromatic heterocycles. The molecular weight excluding hydrogens is 326 g/mol. The monoisotopic (exact) mass is 347 g/mol.